The number of para-hydroxylation sites is 1. The number of alkyl halides is 3. The Morgan fingerprint density at radius 1 is 0.941 bits per heavy atom. The molecule has 1 aromatic heterocycles. The van der Waals surface area contributed by atoms with Gasteiger partial charge in [-0.05, 0) is 24.6 Å². The third-order valence-corrected chi connectivity index (χ3v) is 6.05. The topological polar surface area (TPSA) is 65.1 Å². The van der Waals surface area contributed by atoms with E-state index in [1.165, 1.54) is 12.1 Å². The summed E-state index contributed by atoms with van der Waals surface area (Å²) in [5.74, 6) is 1.11. The van der Waals surface area contributed by atoms with Gasteiger partial charge in [0.05, 0.1) is 5.56 Å². The van der Waals surface area contributed by atoms with Crippen LogP contribution in [0.25, 0.3) is 17.1 Å². The molecule has 176 valence electrons. The van der Waals surface area contributed by atoms with Gasteiger partial charge < -0.3 is 20.9 Å². The minimum atomic E-state index is -4.51. The molecule has 0 atom stereocenters. The maximum absolute atomic E-state index is 13.8. The average Bonchev–Trinajstić information content (AvgIpc) is 2.86. The minimum Gasteiger partial charge on any atom is -0.381 e. The molecule has 0 radical (unpaired) electrons. The molecule has 2 aliphatic rings. The lowest BCUT2D eigenvalue weighted by Crippen LogP contribution is -2.44. The number of nitrogens with zero attached hydrogens (tertiary/aromatic N) is 3. The zero-order valence-electron chi connectivity index (χ0n) is 18.7. The smallest absolute Gasteiger partial charge is 0.381 e. The summed E-state index contributed by atoms with van der Waals surface area (Å²) in [6.07, 6.45) is -4.51. The van der Waals surface area contributed by atoms with Crippen LogP contribution in [0.5, 0.6) is 0 Å². The quantitative estimate of drug-likeness (QED) is 0.512. The first kappa shape index (κ1) is 22.2. The van der Waals surface area contributed by atoms with Crippen LogP contribution in [0.2, 0.25) is 0 Å². The number of benzene rings is 2. The lowest BCUT2D eigenvalue weighted by atomic mass is 10.0. The summed E-state index contributed by atoms with van der Waals surface area (Å²) in [5, 5.41) is 10.1. The van der Waals surface area contributed by atoms with Crippen LogP contribution < -0.4 is 20.9 Å². The molecule has 9 heteroatoms. The van der Waals surface area contributed by atoms with Crippen molar-refractivity contribution in [3.05, 3.63) is 71.3 Å². The zero-order chi connectivity index (χ0) is 23.7. The van der Waals surface area contributed by atoms with Crippen LogP contribution in [0.3, 0.4) is 0 Å². The van der Waals surface area contributed by atoms with Crippen molar-refractivity contribution >= 4 is 23.0 Å². The molecule has 0 unspecified atom stereocenters. The second-order valence-corrected chi connectivity index (χ2v) is 8.39. The summed E-state index contributed by atoms with van der Waals surface area (Å²) in [7, 11) is 0. The summed E-state index contributed by atoms with van der Waals surface area (Å²) < 4.78 is 41.3. The van der Waals surface area contributed by atoms with Gasteiger partial charge in [0, 0.05) is 61.3 Å². The predicted octanol–water partition coefficient (Wildman–Crippen LogP) is 4.84. The van der Waals surface area contributed by atoms with Crippen molar-refractivity contribution in [2.24, 2.45) is 0 Å². The van der Waals surface area contributed by atoms with Crippen LogP contribution >= 0.6 is 0 Å². The first-order valence-electron chi connectivity index (χ1n) is 11.2. The third-order valence-electron chi connectivity index (χ3n) is 6.05. The number of rotatable bonds is 4. The summed E-state index contributed by atoms with van der Waals surface area (Å²) in [4.78, 5) is 11.2. The first-order valence-corrected chi connectivity index (χ1v) is 11.2. The molecule has 3 heterocycles. The van der Waals surface area contributed by atoms with E-state index in [1.54, 1.807) is 6.07 Å². The molecule has 3 aromatic rings. The maximum Gasteiger partial charge on any atom is 0.417 e. The number of hydrogen-bond donors (Lipinski definition) is 3. The van der Waals surface area contributed by atoms with Gasteiger partial charge in [0.1, 0.15) is 11.6 Å². The molecule has 0 saturated carbocycles. The molecule has 0 amide bonds. The molecular formula is C25H25F3N6. The van der Waals surface area contributed by atoms with Crippen molar-refractivity contribution in [1.29, 1.82) is 0 Å². The van der Waals surface area contributed by atoms with E-state index in [-0.39, 0.29) is 11.4 Å². The maximum atomic E-state index is 13.8. The van der Waals surface area contributed by atoms with Crippen molar-refractivity contribution in [2.45, 2.75) is 13.1 Å². The Labute approximate surface area is 195 Å². The Balaban J connectivity index is 1.61. The van der Waals surface area contributed by atoms with Gasteiger partial charge in [-0.3, -0.25) is 0 Å². The highest BCUT2D eigenvalue weighted by Gasteiger charge is 2.34. The fraction of sp³-hybridized carbons (Fsp3) is 0.280. The SMILES string of the molecule is CC1=C(Nc2cc(N3CCNCC3)nc(-c3ccccc3C(F)(F)F)n2)c2ccccc2NC1. The highest BCUT2D eigenvalue weighted by atomic mass is 19.4. The summed E-state index contributed by atoms with van der Waals surface area (Å²) >= 11 is 0. The Bertz CT molecular complexity index is 1230. The Hall–Kier alpha value is -3.59. The van der Waals surface area contributed by atoms with Crippen molar-refractivity contribution in [1.82, 2.24) is 15.3 Å². The number of fused-ring (bicyclic) bond motifs is 1. The molecule has 2 aromatic carbocycles. The van der Waals surface area contributed by atoms with E-state index in [0.29, 0.717) is 31.3 Å². The molecule has 0 bridgehead atoms. The molecule has 1 saturated heterocycles. The van der Waals surface area contributed by atoms with Gasteiger partial charge in [0.2, 0.25) is 0 Å². The van der Waals surface area contributed by atoms with E-state index < -0.39 is 11.7 Å². The molecule has 34 heavy (non-hydrogen) atoms. The summed E-state index contributed by atoms with van der Waals surface area (Å²) in [5.41, 5.74) is 3.18. The second-order valence-electron chi connectivity index (χ2n) is 8.39. The number of piperazine rings is 1. The highest BCUT2D eigenvalue weighted by Crippen LogP contribution is 2.37. The van der Waals surface area contributed by atoms with Gasteiger partial charge in [-0.1, -0.05) is 36.4 Å². The normalized spacial score (nSPS) is 16.2. The van der Waals surface area contributed by atoms with Crippen LogP contribution in [0, 0.1) is 0 Å². The first-order chi connectivity index (χ1) is 16.4. The number of halogens is 3. The van der Waals surface area contributed by atoms with Crippen molar-refractivity contribution < 1.29 is 13.2 Å². The van der Waals surface area contributed by atoms with Gasteiger partial charge in [-0.2, -0.15) is 13.2 Å². The largest absolute Gasteiger partial charge is 0.417 e. The predicted molar refractivity (Wildman–Crippen MR) is 129 cm³/mol. The van der Waals surface area contributed by atoms with E-state index in [9.17, 15) is 13.2 Å². The van der Waals surface area contributed by atoms with Crippen LogP contribution in [-0.2, 0) is 6.18 Å². The number of aromatic nitrogens is 2. The van der Waals surface area contributed by atoms with E-state index in [1.807, 2.05) is 37.3 Å². The molecular weight excluding hydrogens is 441 g/mol. The summed E-state index contributed by atoms with van der Waals surface area (Å²) in [6, 6.07) is 15.2. The van der Waals surface area contributed by atoms with Gasteiger partial charge in [0.15, 0.2) is 5.82 Å². The number of hydrogen-bond acceptors (Lipinski definition) is 6. The van der Waals surface area contributed by atoms with Gasteiger partial charge in [-0.15, -0.1) is 0 Å². The molecule has 0 aliphatic carbocycles. The molecule has 6 nitrogen and oxygen atoms in total. The number of anilines is 3. The van der Waals surface area contributed by atoms with Crippen LogP contribution in [0.15, 0.2) is 60.2 Å². The van der Waals surface area contributed by atoms with Crippen LogP contribution in [-0.4, -0.2) is 42.7 Å². The summed E-state index contributed by atoms with van der Waals surface area (Å²) in [6.45, 7) is 5.67. The number of nitrogens with one attached hydrogen (secondary N) is 3. The van der Waals surface area contributed by atoms with Crippen molar-refractivity contribution in [2.75, 3.05) is 48.3 Å². The van der Waals surface area contributed by atoms with E-state index in [2.05, 4.69) is 30.8 Å². The van der Waals surface area contributed by atoms with Crippen molar-refractivity contribution in [3.8, 4) is 11.4 Å². The van der Waals surface area contributed by atoms with E-state index >= 15 is 0 Å². The fourth-order valence-corrected chi connectivity index (χ4v) is 4.30. The molecule has 5 rings (SSSR count). The van der Waals surface area contributed by atoms with E-state index in [4.69, 9.17) is 0 Å². The zero-order valence-corrected chi connectivity index (χ0v) is 18.7. The fourth-order valence-electron chi connectivity index (χ4n) is 4.30. The van der Waals surface area contributed by atoms with Crippen LogP contribution in [0.4, 0.5) is 30.5 Å². The van der Waals surface area contributed by atoms with E-state index in [0.717, 1.165) is 41.7 Å². The van der Waals surface area contributed by atoms with Gasteiger partial charge >= 0.3 is 6.18 Å². The Morgan fingerprint density at radius 3 is 2.41 bits per heavy atom. The monoisotopic (exact) mass is 466 g/mol. The van der Waals surface area contributed by atoms with Crippen molar-refractivity contribution in [3.63, 3.8) is 0 Å². The molecule has 1 fully saturated rings. The average molecular weight is 467 g/mol. The molecule has 0 spiro atoms. The molecule has 3 N–H and O–H groups in total. The standard InChI is InChI=1S/C25H25F3N6/c1-16-15-30-20-9-5-3-7-18(20)23(16)31-21-14-22(34-12-10-29-11-13-34)33-24(32-21)17-6-2-4-8-19(17)25(26,27)28/h2-9,14,29-30H,10-13,15H2,1H3,(H,31,32,33). The van der Waals surface area contributed by atoms with Gasteiger partial charge in [0.25, 0.3) is 0 Å². The minimum absolute atomic E-state index is 0.0357. The molecule has 2 aliphatic heterocycles. The highest BCUT2D eigenvalue weighted by molar-refractivity contribution is 5.87. The van der Waals surface area contributed by atoms with Gasteiger partial charge in [-0.25, -0.2) is 9.97 Å². The lowest BCUT2D eigenvalue weighted by Gasteiger charge is -2.29. The third kappa shape index (κ3) is 4.43. The second kappa shape index (κ2) is 8.98. The lowest BCUT2D eigenvalue weighted by molar-refractivity contribution is -0.137. The Morgan fingerprint density at radius 2 is 1.65 bits per heavy atom. The Kier molecular flexibility index (Phi) is 5.87. The van der Waals surface area contributed by atoms with Crippen LogP contribution in [0.1, 0.15) is 18.1 Å².